The minimum Gasteiger partial charge on any atom is -0.458 e. The Balaban J connectivity index is 1.98. The number of amides is 1. The van der Waals surface area contributed by atoms with Crippen LogP contribution in [-0.4, -0.2) is 18.0 Å². The van der Waals surface area contributed by atoms with Gasteiger partial charge in [-0.05, 0) is 47.9 Å². The summed E-state index contributed by atoms with van der Waals surface area (Å²) < 4.78 is 5.46. The number of ether oxygens (including phenoxy) is 1. The van der Waals surface area contributed by atoms with Crippen molar-refractivity contribution < 1.29 is 14.3 Å². The number of fused-ring (bicyclic) bond motifs is 1. The van der Waals surface area contributed by atoms with Crippen molar-refractivity contribution in [2.45, 2.75) is 26.4 Å². The van der Waals surface area contributed by atoms with Gasteiger partial charge in [0, 0.05) is 5.56 Å². The Morgan fingerprint density at radius 3 is 2.39 bits per heavy atom. The van der Waals surface area contributed by atoms with E-state index in [0.717, 1.165) is 16.3 Å². The number of nitrogens with one attached hydrogen (secondary N) is 1. The normalized spacial score (nSPS) is 12.4. The highest BCUT2D eigenvalue weighted by molar-refractivity contribution is 6.04. The summed E-state index contributed by atoms with van der Waals surface area (Å²) in [6, 6.07) is 22.5. The molecule has 4 heteroatoms. The minimum atomic E-state index is -0.549. The predicted molar refractivity (Wildman–Crippen MR) is 112 cm³/mol. The van der Waals surface area contributed by atoms with E-state index in [4.69, 9.17) is 4.74 Å². The lowest BCUT2D eigenvalue weighted by Gasteiger charge is -2.14. The van der Waals surface area contributed by atoms with Crippen molar-refractivity contribution in [2.75, 3.05) is 0 Å². The van der Waals surface area contributed by atoms with Gasteiger partial charge < -0.3 is 10.1 Å². The summed E-state index contributed by atoms with van der Waals surface area (Å²) in [7, 11) is 0. The van der Waals surface area contributed by atoms with Crippen molar-refractivity contribution in [3.05, 3.63) is 89.6 Å². The molecule has 0 aliphatic rings. The van der Waals surface area contributed by atoms with Crippen molar-refractivity contribution >= 4 is 28.7 Å². The third kappa shape index (κ3) is 4.65. The Morgan fingerprint density at radius 1 is 0.964 bits per heavy atom. The molecule has 142 valence electrons. The lowest BCUT2D eigenvalue weighted by molar-refractivity contribution is -0.143. The Hall–Kier alpha value is -3.40. The fraction of sp³-hybridized carbons (Fsp3) is 0.167. The second kappa shape index (κ2) is 9.00. The fourth-order valence-electron chi connectivity index (χ4n) is 2.79. The van der Waals surface area contributed by atoms with E-state index in [0.29, 0.717) is 12.0 Å². The standard InChI is InChI=1S/C24H23NO3/c1-3-17(2)28-24(27)22(25-23(26)19-11-5-4-6-12-19)16-20-14-9-13-18-10-7-8-15-21(18)20/h4-17H,3H2,1-2H3,(H,25,26)/b22-16+/t17-/m0/s1. The van der Waals surface area contributed by atoms with E-state index in [9.17, 15) is 9.59 Å². The molecule has 0 aliphatic carbocycles. The van der Waals surface area contributed by atoms with Gasteiger partial charge >= 0.3 is 5.97 Å². The van der Waals surface area contributed by atoms with Crippen LogP contribution >= 0.6 is 0 Å². The first-order chi connectivity index (χ1) is 13.6. The molecule has 1 amide bonds. The zero-order chi connectivity index (χ0) is 19.9. The molecule has 0 saturated carbocycles. The highest BCUT2D eigenvalue weighted by Gasteiger charge is 2.18. The molecule has 1 N–H and O–H groups in total. The highest BCUT2D eigenvalue weighted by Crippen LogP contribution is 2.21. The molecule has 28 heavy (non-hydrogen) atoms. The summed E-state index contributed by atoms with van der Waals surface area (Å²) in [5.41, 5.74) is 1.43. The molecular weight excluding hydrogens is 350 g/mol. The lowest BCUT2D eigenvalue weighted by Crippen LogP contribution is -2.30. The molecule has 0 spiro atoms. The molecule has 0 saturated heterocycles. The Kier molecular flexibility index (Phi) is 6.22. The topological polar surface area (TPSA) is 55.4 Å². The van der Waals surface area contributed by atoms with Crippen molar-refractivity contribution in [3.63, 3.8) is 0 Å². The fourth-order valence-corrected chi connectivity index (χ4v) is 2.79. The van der Waals surface area contributed by atoms with Gasteiger partial charge in [-0.1, -0.05) is 67.6 Å². The van der Waals surface area contributed by atoms with E-state index in [-0.39, 0.29) is 17.7 Å². The Morgan fingerprint density at radius 2 is 1.64 bits per heavy atom. The smallest absolute Gasteiger partial charge is 0.355 e. The maximum Gasteiger partial charge on any atom is 0.355 e. The van der Waals surface area contributed by atoms with Crippen LogP contribution in [0.4, 0.5) is 0 Å². The van der Waals surface area contributed by atoms with E-state index < -0.39 is 5.97 Å². The molecule has 3 aromatic carbocycles. The summed E-state index contributed by atoms with van der Waals surface area (Å²) in [5, 5.41) is 4.77. The summed E-state index contributed by atoms with van der Waals surface area (Å²) in [4.78, 5) is 25.3. The molecule has 0 bridgehead atoms. The van der Waals surface area contributed by atoms with Crippen molar-refractivity contribution in [1.29, 1.82) is 0 Å². The molecule has 3 rings (SSSR count). The van der Waals surface area contributed by atoms with E-state index >= 15 is 0 Å². The summed E-state index contributed by atoms with van der Waals surface area (Å²) >= 11 is 0. The predicted octanol–water partition coefficient (Wildman–Crippen LogP) is 4.95. The van der Waals surface area contributed by atoms with Crippen LogP contribution in [0.1, 0.15) is 36.2 Å². The van der Waals surface area contributed by atoms with E-state index in [1.54, 1.807) is 30.3 Å². The van der Waals surface area contributed by atoms with Crippen molar-refractivity contribution in [2.24, 2.45) is 0 Å². The zero-order valence-electron chi connectivity index (χ0n) is 16.0. The van der Waals surface area contributed by atoms with E-state index in [1.807, 2.05) is 62.4 Å². The number of benzene rings is 3. The van der Waals surface area contributed by atoms with Crippen LogP contribution < -0.4 is 5.32 Å². The van der Waals surface area contributed by atoms with Crippen molar-refractivity contribution in [3.8, 4) is 0 Å². The van der Waals surface area contributed by atoms with Gasteiger partial charge in [0.05, 0.1) is 6.10 Å². The Bertz CT molecular complexity index is 1000. The zero-order valence-corrected chi connectivity index (χ0v) is 16.0. The van der Waals surface area contributed by atoms with Gasteiger partial charge in [0.2, 0.25) is 0 Å². The van der Waals surface area contributed by atoms with Crippen LogP contribution in [0, 0.1) is 0 Å². The largest absolute Gasteiger partial charge is 0.458 e. The van der Waals surface area contributed by atoms with Crippen LogP contribution in [-0.2, 0) is 9.53 Å². The molecule has 3 aromatic rings. The van der Waals surface area contributed by atoms with Crippen LogP contribution in [0.25, 0.3) is 16.8 Å². The Labute approximate surface area is 164 Å². The summed E-state index contributed by atoms with van der Waals surface area (Å²) in [6.07, 6.45) is 2.13. The van der Waals surface area contributed by atoms with Crippen molar-refractivity contribution in [1.82, 2.24) is 5.32 Å². The van der Waals surface area contributed by atoms with Crippen LogP contribution in [0.3, 0.4) is 0 Å². The molecule has 4 nitrogen and oxygen atoms in total. The third-order valence-electron chi connectivity index (χ3n) is 4.51. The number of hydrogen-bond donors (Lipinski definition) is 1. The number of esters is 1. The molecule has 0 aliphatic heterocycles. The SMILES string of the molecule is CC[C@H](C)OC(=O)/C(=C\c1cccc2ccccc12)NC(=O)c1ccccc1. The lowest BCUT2D eigenvalue weighted by atomic mass is 10.0. The first-order valence-electron chi connectivity index (χ1n) is 9.35. The van der Waals surface area contributed by atoms with Gasteiger partial charge in [0.25, 0.3) is 5.91 Å². The van der Waals surface area contributed by atoms with Gasteiger partial charge in [-0.3, -0.25) is 4.79 Å². The van der Waals surface area contributed by atoms with Crippen LogP contribution in [0.2, 0.25) is 0 Å². The third-order valence-corrected chi connectivity index (χ3v) is 4.51. The number of carbonyl (C=O) groups is 2. The number of hydrogen-bond acceptors (Lipinski definition) is 3. The average molecular weight is 373 g/mol. The molecule has 0 heterocycles. The van der Waals surface area contributed by atoms with Gasteiger partial charge in [-0.25, -0.2) is 4.79 Å². The average Bonchev–Trinajstić information content (AvgIpc) is 2.73. The van der Waals surface area contributed by atoms with Crippen LogP contribution in [0.15, 0.2) is 78.5 Å². The van der Waals surface area contributed by atoms with Gasteiger partial charge in [-0.2, -0.15) is 0 Å². The quantitative estimate of drug-likeness (QED) is 0.491. The highest BCUT2D eigenvalue weighted by atomic mass is 16.5. The molecule has 0 fully saturated rings. The van der Waals surface area contributed by atoms with E-state index in [2.05, 4.69) is 5.32 Å². The molecule has 0 radical (unpaired) electrons. The summed E-state index contributed by atoms with van der Waals surface area (Å²) in [5.74, 6) is -0.903. The monoisotopic (exact) mass is 373 g/mol. The van der Waals surface area contributed by atoms with Crippen LogP contribution in [0.5, 0.6) is 0 Å². The molecule has 0 unspecified atom stereocenters. The maximum absolute atomic E-state index is 12.7. The second-order valence-electron chi connectivity index (χ2n) is 6.57. The number of rotatable bonds is 6. The second-order valence-corrected chi connectivity index (χ2v) is 6.57. The first kappa shape index (κ1) is 19.4. The van der Waals surface area contributed by atoms with E-state index in [1.165, 1.54) is 0 Å². The first-order valence-corrected chi connectivity index (χ1v) is 9.35. The number of carbonyl (C=O) groups excluding carboxylic acids is 2. The molecular formula is C24H23NO3. The maximum atomic E-state index is 12.7. The van der Waals surface area contributed by atoms with Gasteiger partial charge in [0.1, 0.15) is 5.70 Å². The van der Waals surface area contributed by atoms with Gasteiger partial charge in [-0.15, -0.1) is 0 Å². The molecule has 0 aromatic heterocycles. The minimum absolute atomic E-state index is 0.116. The summed E-state index contributed by atoms with van der Waals surface area (Å²) in [6.45, 7) is 3.76. The van der Waals surface area contributed by atoms with Gasteiger partial charge in [0.15, 0.2) is 0 Å². The molecule has 1 atom stereocenters.